The summed E-state index contributed by atoms with van der Waals surface area (Å²) in [5.74, 6) is 1.55. The van der Waals surface area contributed by atoms with Gasteiger partial charge in [-0.1, -0.05) is 37.3 Å². The lowest BCUT2D eigenvalue weighted by atomic mass is 10.1. The van der Waals surface area contributed by atoms with Gasteiger partial charge in [-0.15, -0.1) is 0 Å². The van der Waals surface area contributed by atoms with E-state index < -0.39 is 0 Å². The third kappa shape index (κ3) is 6.06. The summed E-state index contributed by atoms with van der Waals surface area (Å²) in [4.78, 5) is 7.24. The summed E-state index contributed by atoms with van der Waals surface area (Å²) in [5, 5.41) is 6.80. The van der Waals surface area contributed by atoms with Crippen LogP contribution in [0.2, 0.25) is 0 Å². The van der Waals surface area contributed by atoms with E-state index in [1.165, 1.54) is 38.0 Å². The Bertz CT molecular complexity index is 438. The van der Waals surface area contributed by atoms with Gasteiger partial charge in [0.2, 0.25) is 0 Å². The normalized spacial score (nSPS) is 17.5. The van der Waals surface area contributed by atoms with E-state index in [9.17, 15) is 0 Å². The van der Waals surface area contributed by atoms with E-state index in [4.69, 9.17) is 0 Å². The molecule has 0 aromatic heterocycles. The minimum atomic E-state index is 0.638. The molecule has 1 atom stereocenters. The molecule has 0 spiro atoms. The van der Waals surface area contributed by atoms with Crippen molar-refractivity contribution < 1.29 is 0 Å². The fourth-order valence-corrected chi connectivity index (χ4v) is 2.84. The lowest BCUT2D eigenvalue weighted by molar-refractivity contribution is 0.287. The average Bonchev–Trinajstić information content (AvgIpc) is 3.04. The van der Waals surface area contributed by atoms with Crippen molar-refractivity contribution in [1.82, 2.24) is 15.5 Å². The van der Waals surface area contributed by atoms with Crippen LogP contribution in [0.4, 0.5) is 0 Å². The third-order valence-electron chi connectivity index (χ3n) is 3.99. The Balaban J connectivity index is 1.77. The van der Waals surface area contributed by atoms with Crippen LogP contribution in [0, 0.1) is 5.92 Å². The van der Waals surface area contributed by atoms with Gasteiger partial charge < -0.3 is 15.5 Å². The first-order valence-corrected chi connectivity index (χ1v) is 8.56. The third-order valence-corrected chi connectivity index (χ3v) is 3.99. The molecule has 0 radical (unpaired) electrons. The van der Waals surface area contributed by atoms with Crippen molar-refractivity contribution in [3.8, 4) is 0 Å². The van der Waals surface area contributed by atoms with Crippen LogP contribution < -0.4 is 10.6 Å². The summed E-state index contributed by atoms with van der Waals surface area (Å²) < 4.78 is 0. The Morgan fingerprint density at radius 1 is 1.18 bits per heavy atom. The van der Waals surface area contributed by atoms with Crippen LogP contribution in [-0.2, 0) is 6.54 Å². The SMILES string of the molecule is CCNC(=NCc1ccccc1)NCC(C)CN1CCCC1. The zero-order valence-corrected chi connectivity index (χ0v) is 14.0. The largest absolute Gasteiger partial charge is 0.357 e. The summed E-state index contributed by atoms with van der Waals surface area (Å²) >= 11 is 0. The molecule has 0 saturated carbocycles. The van der Waals surface area contributed by atoms with E-state index in [0.717, 1.165) is 25.6 Å². The van der Waals surface area contributed by atoms with Gasteiger partial charge in [0, 0.05) is 19.6 Å². The van der Waals surface area contributed by atoms with E-state index in [2.05, 4.69) is 58.6 Å². The lowest BCUT2D eigenvalue weighted by Crippen LogP contribution is -2.41. The maximum absolute atomic E-state index is 4.67. The predicted octanol–water partition coefficient (Wildman–Crippen LogP) is 2.47. The average molecular weight is 302 g/mol. The van der Waals surface area contributed by atoms with Gasteiger partial charge in [-0.3, -0.25) is 0 Å². The van der Waals surface area contributed by atoms with Crippen LogP contribution in [-0.4, -0.2) is 43.6 Å². The van der Waals surface area contributed by atoms with E-state index in [0.29, 0.717) is 5.92 Å². The van der Waals surface area contributed by atoms with Crippen molar-refractivity contribution in [3.05, 3.63) is 35.9 Å². The van der Waals surface area contributed by atoms with Crippen molar-refractivity contribution in [1.29, 1.82) is 0 Å². The fourth-order valence-electron chi connectivity index (χ4n) is 2.84. The van der Waals surface area contributed by atoms with Gasteiger partial charge in [0.25, 0.3) is 0 Å². The highest BCUT2D eigenvalue weighted by molar-refractivity contribution is 5.79. The quantitative estimate of drug-likeness (QED) is 0.600. The van der Waals surface area contributed by atoms with Gasteiger partial charge in [-0.25, -0.2) is 4.99 Å². The van der Waals surface area contributed by atoms with Gasteiger partial charge in [-0.2, -0.15) is 0 Å². The first kappa shape index (κ1) is 16.8. The molecule has 1 heterocycles. The van der Waals surface area contributed by atoms with Crippen LogP contribution in [0.15, 0.2) is 35.3 Å². The number of guanidine groups is 1. The van der Waals surface area contributed by atoms with E-state index >= 15 is 0 Å². The second kappa shape index (κ2) is 9.46. The van der Waals surface area contributed by atoms with Crippen molar-refractivity contribution in [3.63, 3.8) is 0 Å². The molecule has 0 aliphatic carbocycles. The number of rotatable bonds is 7. The Kier molecular flexibility index (Phi) is 7.23. The summed E-state index contributed by atoms with van der Waals surface area (Å²) in [6, 6.07) is 10.4. The summed E-state index contributed by atoms with van der Waals surface area (Å²) in [6.07, 6.45) is 2.72. The second-order valence-corrected chi connectivity index (χ2v) is 6.17. The lowest BCUT2D eigenvalue weighted by Gasteiger charge is -2.21. The predicted molar refractivity (Wildman–Crippen MR) is 94.1 cm³/mol. The molecule has 4 heteroatoms. The topological polar surface area (TPSA) is 39.7 Å². The maximum Gasteiger partial charge on any atom is 0.191 e. The van der Waals surface area contributed by atoms with Crippen molar-refractivity contribution in [2.45, 2.75) is 33.2 Å². The molecule has 2 rings (SSSR count). The second-order valence-electron chi connectivity index (χ2n) is 6.17. The van der Waals surface area contributed by atoms with Gasteiger partial charge in [0.05, 0.1) is 6.54 Å². The standard InChI is InChI=1S/C18H30N4/c1-3-19-18(21-14-17-9-5-4-6-10-17)20-13-16(2)15-22-11-7-8-12-22/h4-6,9-10,16H,3,7-8,11-15H2,1-2H3,(H2,19,20,21). The van der Waals surface area contributed by atoms with E-state index in [1.54, 1.807) is 0 Å². The van der Waals surface area contributed by atoms with Crippen molar-refractivity contribution >= 4 is 5.96 Å². The number of nitrogens with zero attached hydrogens (tertiary/aromatic N) is 2. The fraction of sp³-hybridized carbons (Fsp3) is 0.611. The summed E-state index contributed by atoms with van der Waals surface area (Å²) in [5.41, 5.74) is 1.24. The molecule has 1 aromatic rings. The molecule has 0 amide bonds. The van der Waals surface area contributed by atoms with Crippen molar-refractivity contribution in [2.75, 3.05) is 32.7 Å². The number of nitrogens with one attached hydrogen (secondary N) is 2. The summed E-state index contributed by atoms with van der Waals surface area (Å²) in [6.45, 7) is 10.7. The first-order chi connectivity index (χ1) is 10.8. The molecule has 122 valence electrons. The molecular formula is C18H30N4. The zero-order valence-electron chi connectivity index (χ0n) is 14.0. The number of hydrogen-bond acceptors (Lipinski definition) is 2. The van der Waals surface area contributed by atoms with Crippen LogP contribution in [0.1, 0.15) is 32.3 Å². The highest BCUT2D eigenvalue weighted by Gasteiger charge is 2.14. The van der Waals surface area contributed by atoms with Gasteiger partial charge >= 0.3 is 0 Å². The number of aliphatic imine (C=N–C) groups is 1. The minimum absolute atomic E-state index is 0.638. The number of hydrogen-bond donors (Lipinski definition) is 2. The molecule has 1 aliphatic heterocycles. The monoisotopic (exact) mass is 302 g/mol. The van der Waals surface area contributed by atoms with Crippen LogP contribution in [0.25, 0.3) is 0 Å². The van der Waals surface area contributed by atoms with E-state index in [1.807, 2.05) is 6.07 Å². The van der Waals surface area contributed by atoms with Gasteiger partial charge in [0.15, 0.2) is 5.96 Å². The van der Waals surface area contributed by atoms with Crippen LogP contribution >= 0.6 is 0 Å². The molecule has 22 heavy (non-hydrogen) atoms. The van der Waals surface area contributed by atoms with Gasteiger partial charge in [-0.05, 0) is 44.3 Å². The smallest absolute Gasteiger partial charge is 0.191 e. The highest BCUT2D eigenvalue weighted by atomic mass is 15.2. The molecule has 1 aliphatic rings. The van der Waals surface area contributed by atoms with Crippen LogP contribution in [0.5, 0.6) is 0 Å². The number of likely N-dealkylation sites (tertiary alicyclic amines) is 1. The first-order valence-electron chi connectivity index (χ1n) is 8.56. The molecule has 0 bridgehead atoms. The molecular weight excluding hydrogens is 272 g/mol. The number of benzene rings is 1. The molecule has 4 nitrogen and oxygen atoms in total. The molecule has 2 N–H and O–H groups in total. The highest BCUT2D eigenvalue weighted by Crippen LogP contribution is 2.09. The summed E-state index contributed by atoms with van der Waals surface area (Å²) in [7, 11) is 0. The van der Waals surface area contributed by atoms with Crippen LogP contribution in [0.3, 0.4) is 0 Å². The maximum atomic E-state index is 4.67. The van der Waals surface area contributed by atoms with Gasteiger partial charge in [0.1, 0.15) is 0 Å². The Labute approximate surface area is 135 Å². The van der Waals surface area contributed by atoms with E-state index in [-0.39, 0.29) is 0 Å². The minimum Gasteiger partial charge on any atom is -0.357 e. The Hall–Kier alpha value is -1.55. The zero-order chi connectivity index (χ0) is 15.6. The molecule has 1 saturated heterocycles. The molecule has 1 unspecified atom stereocenters. The Morgan fingerprint density at radius 2 is 1.91 bits per heavy atom. The molecule has 1 aromatic carbocycles. The van der Waals surface area contributed by atoms with Crippen molar-refractivity contribution in [2.24, 2.45) is 10.9 Å². The molecule has 1 fully saturated rings. The Morgan fingerprint density at radius 3 is 2.59 bits per heavy atom.